The first kappa shape index (κ1) is 14.2. The van der Waals surface area contributed by atoms with Crippen LogP contribution in [-0.2, 0) is 0 Å². The molecule has 0 spiro atoms. The Hall–Kier alpha value is -2.24. The van der Waals surface area contributed by atoms with Crippen molar-refractivity contribution >= 4 is 17.7 Å². The summed E-state index contributed by atoms with van der Waals surface area (Å²) in [6, 6.07) is 4.09. The minimum Gasteiger partial charge on any atom is -0.497 e. The number of rotatable bonds is 5. The fourth-order valence-corrected chi connectivity index (χ4v) is 1.79. The van der Waals surface area contributed by atoms with Crippen molar-refractivity contribution in [2.45, 2.75) is 19.8 Å². The molecule has 6 nitrogen and oxygen atoms in total. The number of carboxylic acids is 1. The molecule has 0 radical (unpaired) electrons. The van der Waals surface area contributed by atoms with E-state index in [0.717, 1.165) is 12.8 Å². The number of hydrogen-bond acceptors (Lipinski definition) is 3. The Morgan fingerprint density at radius 3 is 2.65 bits per heavy atom. The number of ether oxygens (including phenoxy) is 1. The van der Waals surface area contributed by atoms with E-state index >= 15 is 0 Å². The van der Waals surface area contributed by atoms with Crippen LogP contribution >= 0.6 is 0 Å². The Kier molecular flexibility index (Phi) is 3.83. The van der Waals surface area contributed by atoms with Crippen molar-refractivity contribution in [3.63, 3.8) is 0 Å². The maximum absolute atomic E-state index is 11.8. The van der Waals surface area contributed by atoms with Gasteiger partial charge in [-0.1, -0.05) is 6.92 Å². The van der Waals surface area contributed by atoms with Gasteiger partial charge in [0.25, 0.3) is 0 Å². The molecule has 1 aliphatic rings. The van der Waals surface area contributed by atoms with Crippen molar-refractivity contribution in [1.29, 1.82) is 0 Å². The highest BCUT2D eigenvalue weighted by Crippen LogP contribution is 2.44. The van der Waals surface area contributed by atoms with Crippen LogP contribution in [0.1, 0.15) is 30.1 Å². The van der Waals surface area contributed by atoms with Gasteiger partial charge >= 0.3 is 12.0 Å². The minimum atomic E-state index is -1.12. The van der Waals surface area contributed by atoms with Gasteiger partial charge in [0, 0.05) is 6.54 Å². The topological polar surface area (TPSA) is 87.7 Å². The molecular formula is C14H18N2O4. The molecule has 6 heteroatoms. The van der Waals surface area contributed by atoms with Crippen molar-refractivity contribution in [3.8, 4) is 5.75 Å². The van der Waals surface area contributed by atoms with E-state index in [9.17, 15) is 9.59 Å². The summed E-state index contributed by atoms with van der Waals surface area (Å²) >= 11 is 0. The van der Waals surface area contributed by atoms with Crippen LogP contribution in [0.25, 0.3) is 0 Å². The number of carbonyl (C=O) groups is 2. The van der Waals surface area contributed by atoms with E-state index in [2.05, 4.69) is 17.6 Å². The zero-order valence-corrected chi connectivity index (χ0v) is 11.5. The third-order valence-corrected chi connectivity index (χ3v) is 3.48. The Labute approximate surface area is 117 Å². The van der Waals surface area contributed by atoms with E-state index in [-0.39, 0.29) is 16.7 Å². The second-order valence-corrected chi connectivity index (χ2v) is 5.34. The molecule has 0 unspecified atom stereocenters. The predicted octanol–water partition coefficient (Wildman–Crippen LogP) is 2.31. The van der Waals surface area contributed by atoms with Crippen LogP contribution in [0.15, 0.2) is 18.2 Å². The van der Waals surface area contributed by atoms with Gasteiger partial charge in [0.05, 0.1) is 18.4 Å². The largest absolute Gasteiger partial charge is 0.497 e. The van der Waals surface area contributed by atoms with Gasteiger partial charge in [0.1, 0.15) is 5.75 Å². The lowest BCUT2D eigenvalue weighted by molar-refractivity contribution is 0.0697. The van der Waals surface area contributed by atoms with Gasteiger partial charge in [-0.05, 0) is 36.5 Å². The number of carboxylic acid groups (broad SMARTS) is 1. The molecule has 0 bridgehead atoms. The van der Waals surface area contributed by atoms with E-state index in [4.69, 9.17) is 9.84 Å². The Balaban J connectivity index is 2.03. The Morgan fingerprint density at radius 2 is 2.10 bits per heavy atom. The Morgan fingerprint density at radius 1 is 1.40 bits per heavy atom. The quantitative estimate of drug-likeness (QED) is 0.771. The van der Waals surface area contributed by atoms with Crippen molar-refractivity contribution < 1.29 is 19.4 Å². The van der Waals surface area contributed by atoms with Gasteiger partial charge in [-0.15, -0.1) is 0 Å². The van der Waals surface area contributed by atoms with E-state index in [1.54, 1.807) is 6.07 Å². The SMILES string of the molecule is COc1ccc(NC(=O)NCC2(C)CC2)c(C(=O)O)c1. The molecule has 1 saturated carbocycles. The van der Waals surface area contributed by atoms with Crippen LogP contribution in [0.2, 0.25) is 0 Å². The number of nitrogens with one attached hydrogen (secondary N) is 2. The van der Waals surface area contributed by atoms with Gasteiger partial charge in [0.2, 0.25) is 0 Å². The lowest BCUT2D eigenvalue weighted by Crippen LogP contribution is -2.33. The smallest absolute Gasteiger partial charge is 0.337 e. The number of amides is 2. The van der Waals surface area contributed by atoms with Gasteiger partial charge < -0.3 is 20.5 Å². The summed E-state index contributed by atoms with van der Waals surface area (Å²) in [5.41, 5.74) is 0.446. The molecule has 0 aromatic heterocycles. The molecule has 2 amide bonds. The highest BCUT2D eigenvalue weighted by atomic mass is 16.5. The molecule has 0 atom stereocenters. The minimum absolute atomic E-state index is 0.00265. The predicted molar refractivity (Wildman–Crippen MR) is 74.3 cm³/mol. The molecule has 1 aliphatic carbocycles. The first-order valence-electron chi connectivity index (χ1n) is 6.40. The zero-order valence-electron chi connectivity index (χ0n) is 11.5. The molecule has 0 saturated heterocycles. The number of anilines is 1. The lowest BCUT2D eigenvalue weighted by atomic mass is 10.1. The van der Waals surface area contributed by atoms with Crippen molar-refractivity contribution in [2.24, 2.45) is 5.41 Å². The van der Waals surface area contributed by atoms with Gasteiger partial charge in [-0.25, -0.2) is 9.59 Å². The molecule has 1 aromatic carbocycles. The third-order valence-electron chi connectivity index (χ3n) is 3.48. The van der Waals surface area contributed by atoms with Crippen LogP contribution in [0.5, 0.6) is 5.75 Å². The summed E-state index contributed by atoms with van der Waals surface area (Å²) in [5.74, 6) is -0.688. The first-order valence-corrected chi connectivity index (χ1v) is 6.40. The summed E-state index contributed by atoms with van der Waals surface area (Å²) < 4.78 is 4.97. The highest BCUT2D eigenvalue weighted by molar-refractivity contribution is 6.00. The average Bonchev–Trinajstić information content (AvgIpc) is 3.15. The number of benzene rings is 1. The van der Waals surface area contributed by atoms with Gasteiger partial charge in [-0.2, -0.15) is 0 Å². The molecule has 0 heterocycles. The molecule has 1 aromatic rings. The van der Waals surface area contributed by atoms with Crippen molar-refractivity contribution in [2.75, 3.05) is 19.0 Å². The number of carbonyl (C=O) groups excluding carboxylic acids is 1. The summed E-state index contributed by atoms with van der Waals surface area (Å²) in [5, 5.41) is 14.5. The van der Waals surface area contributed by atoms with Gasteiger partial charge in [-0.3, -0.25) is 0 Å². The number of hydrogen-bond donors (Lipinski definition) is 3. The average molecular weight is 278 g/mol. The van der Waals surface area contributed by atoms with E-state index in [1.807, 2.05) is 0 Å². The summed E-state index contributed by atoms with van der Waals surface area (Å²) in [7, 11) is 1.46. The first-order chi connectivity index (χ1) is 9.43. The van der Waals surface area contributed by atoms with E-state index in [0.29, 0.717) is 12.3 Å². The molecule has 2 rings (SSSR count). The zero-order chi connectivity index (χ0) is 14.8. The van der Waals surface area contributed by atoms with Crippen LogP contribution in [0.3, 0.4) is 0 Å². The normalized spacial score (nSPS) is 15.3. The molecular weight excluding hydrogens is 260 g/mol. The van der Waals surface area contributed by atoms with Crippen LogP contribution in [0, 0.1) is 5.41 Å². The maximum atomic E-state index is 11.8. The number of urea groups is 1. The molecule has 0 aliphatic heterocycles. The second kappa shape index (κ2) is 5.40. The molecule has 3 N–H and O–H groups in total. The monoisotopic (exact) mass is 278 g/mol. The van der Waals surface area contributed by atoms with E-state index in [1.165, 1.54) is 19.2 Å². The molecule has 108 valence electrons. The van der Waals surface area contributed by atoms with Crippen molar-refractivity contribution in [3.05, 3.63) is 23.8 Å². The Bertz CT molecular complexity index is 538. The molecule has 20 heavy (non-hydrogen) atoms. The standard InChI is InChI=1S/C14H18N2O4/c1-14(5-6-14)8-15-13(19)16-11-4-3-9(20-2)7-10(11)12(17)18/h3-4,7H,5-6,8H2,1-2H3,(H,17,18)(H2,15,16,19). The van der Waals surface area contributed by atoms with Crippen LogP contribution < -0.4 is 15.4 Å². The number of methoxy groups -OCH3 is 1. The second-order valence-electron chi connectivity index (χ2n) is 5.34. The summed E-state index contributed by atoms with van der Waals surface area (Å²) in [4.78, 5) is 22.9. The van der Waals surface area contributed by atoms with E-state index < -0.39 is 12.0 Å². The summed E-state index contributed by atoms with van der Waals surface area (Å²) in [6.07, 6.45) is 2.21. The lowest BCUT2D eigenvalue weighted by Gasteiger charge is -2.13. The van der Waals surface area contributed by atoms with Crippen LogP contribution in [0.4, 0.5) is 10.5 Å². The highest BCUT2D eigenvalue weighted by Gasteiger charge is 2.37. The summed E-state index contributed by atoms with van der Waals surface area (Å²) in [6.45, 7) is 2.70. The maximum Gasteiger partial charge on any atom is 0.337 e. The van der Waals surface area contributed by atoms with Gasteiger partial charge in [0.15, 0.2) is 0 Å². The fraction of sp³-hybridized carbons (Fsp3) is 0.429. The molecule has 1 fully saturated rings. The third kappa shape index (κ3) is 3.40. The van der Waals surface area contributed by atoms with Crippen LogP contribution in [-0.4, -0.2) is 30.8 Å². The fourth-order valence-electron chi connectivity index (χ4n) is 1.79. The van der Waals surface area contributed by atoms with Crippen molar-refractivity contribution in [1.82, 2.24) is 5.32 Å². The number of aromatic carboxylic acids is 1.